The molecular formula is C14H19N3O. The highest BCUT2D eigenvalue weighted by Crippen LogP contribution is 2.24. The van der Waals surface area contributed by atoms with Gasteiger partial charge in [0, 0.05) is 18.3 Å². The molecule has 0 aliphatic rings. The van der Waals surface area contributed by atoms with Crippen LogP contribution in [0.5, 0.6) is 5.75 Å². The Balaban J connectivity index is 2.42. The van der Waals surface area contributed by atoms with Crippen molar-refractivity contribution < 1.29 is 4.74 Å². The Hall–Kier alpha value is -1.81. The van der Waals surface area contributed by atoms with Crippen molar-refractivity contribution in [1.29, 1.82) is 0 Å². The molecule has 2 rings (SSSR count). The molecule has 0 spiro atoms. The van der Waals surface area contributed by atoms with E-state index in [9.17, 15) is 0 Å². The molecule has 2 aromatic rings. The highest BCUT2D eigenvalue weighted by Gasteiger charge is 2.10. The number of hydrogen-bond donors (Lipinski definition) is 1. The molecule has 0 unspecified atom stereocenters. The van der Waals surface area contributed by atoms with E-state index >= 15 is 0 Å². The summed E-state index contributed by atoms with van der Waals surface area (Å²) in [6.45, 7) is 6.48. The minimum absolute atomic E-state index is 0.136. The number of nitrogens with zero attached hydrogens (tertiary/aromatic N) is 2. The lowest BCUT2D eigenvalue weighted by Gasteiger charge is -2.13. The van der Waals surface area contributed by atoms with Gasteiger partial charge in [-0.05, 0) is 32.9 Å². The van der Waals surface area contributed by atoms with E-state index in [1.165, 1.54) is 0 Å². The molecule has 0 bridgehead atoms. The minimum atomic E-state index is 0.136. The zero-order chi connectivity index (χ0) is 13.1. The molecule has 0 aliphatic heterocycles. The van der Waals surface area contributed by atoms with Crippen LogP contribution in [0.15, 0.2) is 30.5 Å². The molecule has 0 saturated heterocycles. The summed E-state index contributed by atoms with van der Waals surface area (Å²) in [7, 11) is 0. The molecule has 0 radical (unpaired) electrons. The normalized spacial score (nSPS) is 10.9. The van der Waals surface area contributed by atoms with Crippen molar-refractivity contribution in [2.45, 2.75) is 33.4 Å². The van der Waals surface area contributed by atoms with Gasteiger partial charge in [-0.3, -0.25) is 0 Å². The van der Waals surface area contributed by atoms with E-state index in [1.54, 1.807) is 0 Å². The number of ether oxygens (including phenoxy) is 1. The average Bonchev–Trinajstić information content (AvgIpc) is 2.70. The second-order valence-corrected chi connectivity index (χ2v) is 4.52. The van der Waals surface area contributed by atoms with Gasteiger partial charge in [-0.25, -0.2) is 4.68 Å². The van der Waals surface area contributed by atoms with Gasteiger partial charge in [0.25, 0.3) is 0 Å². The second kappa shape index (κ2) is 5.23. The summed E-state index contributed by atoms with van der Waals surface area (Å²) >= 11 is 0. The Morgan fingerprint density at radius 3 is 2.67 bits per heavy atom. The van der Waals surface area contributed by atoms with Crippen LogP contribution in [-0.2, 0) is 6.54 Å². The largest absolute Gasteiger partial charge is 0.489 e. The van der Waals surface area contributed by atoms with E-state index in [0.717, 1.165) is 22.7 Å². The van der Waals surface area contributed by atoms with Gasteiger partial charge in [-0.1, -0.05) is 12.1 Å². The summed E-state index contributed by atoms with van der Waals surface area (Å²) < 4.78 is 7.62. The standard InChI is InChI=1S/C14H19N3O/c1-10(2)18-14-7-5-4-6-13(14)17-9-12(8-15)11(3)16-17/h4-7,9-10H,8,15H2,1-3H3. The number of nitrogens with two attached hydrogens (primary N) is 1. The van der Waals surface area contributed by atoms with E-state index in [1.807, 2.05) is 55.9 Å². The molecule has 0 saturated carbocycles. The third kappa shape index (κ3) is 2.54. The zero-order valence-corrected chi connectivity index (χ0v) is 11.1. The number of aromatic nitrogens is 2. The van der Waals surface area contributed by atoms with Crippen molar-refractivity contribution in [2.24, 2.45) is 5.73 Å². The van der Waals surface area contributed by atoms with Crippen LogP contribution in [0.4, 0.5) is 0 Å². The van der Waals surface area contributed by atoms with Crippen LogP contribution in [0.25, 0.3) is 5.69 Å². The van der Waals surface area contributed by atoms with Crippen molar-refractivity contribution in [3.8, 4) is 11.4 Å². The van der Waals surface area contributed by atoms with E-state index < -0.39 is 0 Å². The predicted octanol–water partition coefficient (Wildman–Crippen LogP) is 2.43. The molecule has 0 aliphatic carbocycles. The van der Waals surface area contributed by atoms with Gasteiger partial charge >= 0.3 is 0 Å². The first kappa shape index (κ1) is 12.6. The van der Waals surface area contributed by atoms with Gasteiger partial charge in [0.15, 0.2) is 0 Å². The maximum atomic E-state index is 5.79. The minimum Gasteiger partial charge on any atom is -0.489 e. The maximum Gasteiger partial charge on any atom is 0.145 e. The molecule has 96 valence electrons. The van der Waals surface area contributed by atoms with Crippen LogP contribution in [0.2, 0.25) is 0 Å². The highest BCUT2D eigenvalue weighted by atomic mass is 16.5. The Morgan fingerprint density at radius 2 is 2.06 bits per heavy atom. The van der Waals surface area contributed by atoms with Crippen molar-refractivity contribution in [1.82, 2.24) is 9.78 Å². The molecule has 2 N–H and O–H groups in total. The molecule has 0 fully saturated rings. The molecule has 0 amide bonds. The van der Waals surface area contributed by atoms with E-state index in [2.05, 4.69) is 5.10 Å². The number of benzene rings is 1. The Morgan fingerprint density at radius 1 is 1.33 bits per heavy atom. The Bertz CT molecular complexity index is 532. The second-order valence-electron chi connectivity index (χ2n) is 4.52. The lowest BCUT2D eigenvalue weighted by molar-refractivity contribution is 0.241. The lowest BCUT2D eigenvalue weighted by atomic mass is 10.2. The Labute approximate surface area is 107 Å². The van der Waals surface area contributed by atoms with Gasteiger partial charge in [-0.15, -0.1) is 0 Å². The average molecular weight is 245 g/mol. The van der Waals surface area contributed by atoms with Crippen LogP contribution in [0, 0.1) is 6.92 Å². The topological polar surface area (TPSA) is 53.1 Å². The molecule has 4 heteroatoms. The van der Waals surface area contributed by atoms with Crippen molar-refractivity contribution in [2.75, 3.05) is 0 Å². The first-order valence-electron chi connectivity index (χ1n) is 6.13. The third-order valence-electron chi connectivity index (χ3n) is 2.70. The third-order valence-corrected chi connectivity index (χ3v) is 2.70. The van der Waals surface area contributed by atoms with E-state index in [-0.39, 0.29) is 6.10 Å². The van der Waals surface area contributed by atoms with E-state index in [0.29, 0.717) is 6.54 Å². The fourth-order valence-corrected chi connectivity index (χ4v) is 1.82. The number of rotatable bonds is 4. The van der Waals surface area contributed by atoms with Crippen LogP contribution in [0.3, 0.4) is 0 Å². The molecule has 1 aromatic carbocycles. The predicted molar refractivity (Wildman–Crippen MR) is 72.0 cm³/mol. The summed E-state index contributed by atoms with van der Waals surface area (Å²) in [6.07, 6.45) is 2.09. The van der Waals surface area contributed by atoms with Gasteiger partial charge < -0.3 is 10.5 Å². The molecule has 1 heterocycles. The number of hydrogen-bond acceptors (Lipinski definition) is 3. The number of aryl methyl sites for hydroxylation is 1. The molecule has 0 atom stereocenters. The molecular weight excluding hydrogens is 226 g/mol. The number of para-hydroxylation sites is 2. The van der Waals surface area contributed by atoms with Crippen LogP contribution in [-0.4, -0.2) is 15.9 Å². The smallest absolute Gasteiger partial charge is 0.145 e. The van der Waals surface area contributed by atoms with Crippen molar-refractivity contribution >= 4 is 0 Å². The summed E-state index contributed by atoms with van der Waals surface area (Å²) in [4.78, 5) is 0. The van der Waals surface area contributed by atoms with Crippen molar-refractivity contribution in [3.63, 3.8) is 0 Å². The molecule has 1 aromatic heterocycles. The van der Waals surface area contributed by atoms with Crippen LogP contribution < -0.4 is 10.5 Å². The first-order chi connectivity index (χ1) is 8.61. The van der Waals surface area contributed by atoms with Gasteiger partial charge in [0.1, 0.15) is 11.4 Å². The summed E-state index contributed by atoms with van der Waals surface area (Å²) in [5, 5.41) is 4.48. The summed E-state index contributed by atoms with van der Waals surface area (Å²) in [6, 6.07) is 7.88. The fraction of sp³-hybridized carbons (Fsp3) is 0.357. The van der Waals surface area contributed by atoms with Gasteiger partial charge in [-0.2, -0.15) is 5.10 Å². The van der Waals surface area contributed by atoms with E-state index in [4.69, 9.17) is 10.5 Å². The first-order valence-corrected chi connectivity index (χ1v) is 6.13. The van der Waals surface area contributed by atoms with Crippen molar-refractivity contribution in [3.05, 3.63) is 41.7 Å². The van der Waals surface area contributed by atoms with Gasteiger partial charge in [0.2, 0.25) is 0 Å². The van der Waals surface area contributed by atoms with Gasteiger partial charge in [0.05, 0.1) is 11.8 Å². The van der Waals surface area contributed by atoms with Crippen LogP contribution in [0.1, 0.15) is 25.1 Å². The Kier molecular flexibility index (Phi) is 3.67. The quantitative estimate of drug-likeness (QED) is 0.900. The lowest BCUT2D eigenvalue weighted by Crippen LogP contribution is -2.08. The zero-order valence-electron chi connectivity index (χ0n) is 11.1. The summed E-state index contributed by atoms with van der Waals surface area (Å²) in [5.41, 5.74) is 8.62. The molecule has 18 heavy (non-hydrogen) atoms. The molecule has 4 nitrogen and oxygen atoms in total. The summed E-state index contributed by atoms with van der Waals surface area (Å²) in [5.74, 6) is 0.832. The highest BCUT2D eigenvalue weighted by molar-refractivity contribution is 5.46. The fourth-order valence-electron chi connectivity index (χ4n) is 1.82. The SMILES string of the molecule is Cc1nn(-c2ccccc2OC(C)C)cc1CN. The van der Waals surface area contributed by atoms with Crippen LogP contribution >= 0.6 is 0 Å². The maximum absolute atomic E-state index is 5.79. The monoisotopic (exact) mass is 245 g/mol.